The SMILES string of the molecule is CCCCc1[nH]n(Cc2ccc3ccc(C(=N)N)cc3c2)c(=O)c1Cc1ccc2ccc(C(=N)N)cc2c1. The second kappa shape index (κ2) is 10.4. The fourth-order valence-corrected chi connectivity index (χ4v) is 4.95. The standard InChI is InChI=1S/C31H32N6O/c1-2-3-4-28-27(15-19-5-7-21-9-11-23(29(32)33)16-25(21)13-19)31(38)37(36-28)18-20-6-8-22-10-12-24(30(34)35)17-26(22)14-20/h5-14,16-17,36H,2-4,15,18H2,1H3,(H3,32,33)(H3,34,35). The van der Waals surface area contributed by atoms with E-state index in [0.29, 0.717) is 24.1 Å². The molecule has 0 aliphatic carbocycles. The molecule has 0 atom stereocenters. The smallest absolute Gasteiger partial charge is 0.270 e. The van der Waals surface area contributed by atoms with Crippen LogP contribution in [0.5, 0.6) is 0 Å². The lowest BCUT2D eigenvalue weighted by atomic mass is 9.99. The monoisotopic (exact) mass is 504 g/mol. The van der Waals surface area contributed by atoms with Gasteiger partial charge >= 0.3 is 0 Å². The number of aromatic nitrogens is 2. The van der Waals surface area contributed by atoms with E-state index in [1.165, 1.54) is 0 Å². The van der Waals surface area contributed by atoms with Gasteiger partial charge in [-0.15, -0.1) is 0 Å². The number of rotatable bonds is 9. The Bertz CT molecular complexity index is 1740. The number of H-pyrrole nitrogens is 1. The van der Waals surface area contributed by atoms with E-state index in [2.05, 4.69) is 36.3 Å². The first-order valence-corrected chi connectivity index (χ1v) is 12.9. The van der Waals surface area contributed by atoms with Crippen molar-refractivity contribution in [3.63, 3.8) is 0 Å². The van der Waals surface area contributed by atoms with Crippen LogP contribution in [0, 0.1) is 10.8 Å². The van der Waals surface area contributed by atoms with Gasteiger partial charge in [0, 0.05) is 28.8 Å². The molecule has 0 radical (unpaired) electrons. The van der Waals surface area contributed by atoms with Crippen molar-refractivity contribution in [2.45, 2.75) is 39.2 Å². The summed E-state index contributed by atoms with van der Waals surface area (Å²) >= 11 is 0. The second-order valence-electron chi connectivity index (χ2n) is 9.86. The van der Waals surface area contributed by atoms with E-state index in [0.717, 1.165) is 63.2 Å². The van der Waals surface area contributed by atoms with Gasteiger partial charge in [-0.3, -0.25) is 20.7 Å². The van der Waals surface area contributed by atoms with Gasteiger partial charge in [0.2, 0.25) is 0 Å². The molecule has 0 fully saturated rings. The number of unbranched alkanes of at least 4 members (excludes halogenated alkanes) is 1. The predicted octanol–water partition coefficient (Wildman–Crippen LogP) is 5.03. The Labute approximate surface area is 221 Å². The molecule has 1 aromatic heterocycles. The highest BCUT2D eigenvalue weighted by Crippen LogP contribution is 2.22. The molecule has 1 heterocycles. The number of benzene rings is 4. The number of amidine groups is 2. The van der Waals surface area contributed by atoms with E-state index in [9.17, 15) is 4.79 Å². The zero-order valence-corrected chi connectivity index (χ0v) is 21.5. The molecule has 4 aromatic carbocycles. The van der Waals surface area contributed by atoms with Crippen LogP contribution < -0.4 is 17.0 Å². The third-order valence-corrected chi connectivity index (χ3v) is 7.07. The van der Waals surface area contributed by atoms with Crippen molar-refractivity contribution >= 4 is 33.2 Å². The fraction of sp³-hybridized carbons (Fsp3) is 0.194. The van der Waals surface area contributed by atoms with Crippen LogP contribution in [-0.2, 0) is 19.4 Å². The molecule has 7 N–H and O–H groups in total. The van der Waals surface area contributed by atoms with E-state index >= 15 is 0 Å². The van der Waals surface area contributed by atoms with Crippen LogP contribution in [0.15, 0.2) is 77.6 Å². The topological polar surface area (TPSA) is 138 Å². The first kappa shape index (κ1) is 25.0. The Morgan fingerprint density at radius 3 is 1.92 bits per heavy atom. The van der Waals surface area contributed by atoms with Crippen LogP contribution in [0.4, 0.5) is 0 Å². The Morgan fingerprint density at radius 2 is 1.34 bits per heavy atom. The van der Waals surface area contributed by atoms with Crippen LogP contribution >= 0.6 is 0 Å². The Hall–Kier alpha value is -4.65. The number of aromatic amines is 1. The van der Waals surface area contributed by atoms with Crippen molar-refractivity contribution < 1.29 is 0 Å². The minimum Gasteiger partial charge on any atom is -0.384 e. The van der Waals surface area contributed by atoms with E-state index in [4.69, 9.17) is 22.3 Å². The van der Waals surface area contributed by atoms with Gasteiger partial charge in [-0.1, -0.05) is 67.9 Å². The molecule has 7 heteroatoms. The zero-order valence-electron chi connectivity index (χ0n) is 21.5. The highest BCUT2D eigenvalue weighted by Gasteiger charge is 2.16. The molecule has 0 aliphatic rings. The van der Waals surface area contributed by atoms with Gasteiger partial charge in [0.1, 0.15) is 11.7 Å². The van der Waals surface area contributed by atoms with Gasteiger partial charge in [-0.25, -0.2) is 4.68 Å². The van der Waals surface area contributed by atoms with Gasteiger partial charge in [-0.05, 0) is 63.7 Å². The molecule has 0 bridgehead atoms. The van der Waals surface area contributed by atoms with Crippen molar-refractivity contribution in [1.82, 2.24) is 9.78 Å². The van der Waals surface area contributed by atoms with Gasteiger partial charge in [-0.2, -0.15) is 0 Å². The van der Waals surface area contributed by atoms with Gasteiger partial charge in [0.15, 0.2) is 0 Å². The molecule has 38 heavy (non-hydrogen) atoms. The third-order valence-electron chi connectivity index (χ3n) is 7.07. The van der Waals surface area contributed by atoms with Gasteiger partial charge in [0.05, 0.1) is 6.54 Å². The molecule has 0 unspecified atom stereocenters. The van der Waals surface area contributed by atoms with Crippen molar-refractivity contribution in [3.05, 3.63) is 117 Å². The lowest BCUT2D eigenvalue weighted by molar-refractivity contribution is 0.644. The van der Waals surface area contributed by atoms with Crippen LogP contribution in [0.1, 0.15) is 53.3 Å². The van der Waals surface area contributed by atoms with E-state index in [1.807, 2.05) is 48.5 Å². The zero-order chi connectivity index (χ0) is 26.8. The molecule has 0 saturated heterocycles. The minimum absolute atomic E-state index is 0.00808. The number of nitrogens with two attached hydrogens (primary N) is 2. The Balaban J connectivity index is 1.48. The normalized spacial score (nSPS) is 11.3. The molecule has 192 valence electrons. The highest BCUT2D eigenvalue weighted by molar-refractivity contribution is 6.00. The summed E-state index contributed by atoms with van der Waals surface area (Å²) in [7, 11) is 0. The average molecular weight is 505 g/mol. The Morgan fingerprint density at radius 1 is 0.789 bits per heavy atom. The number of nitrogen functional groups attached to an aromatic ring is 2. The maximum absolute atomic E-state index is 13.6. The molecule has 0 amide bonds. The summed E-state index contributed by atoms with van der Waals surface area (Å²) < 4.78 is 1.70. The summed E-state index contributed by atoms with van der Waals surface area (Å²) in [5, 5.41) is 23.0. The van der Waals surface area contributed by atoms with E-state index in [1.54, 1.807) is 4.68 Å². The molecule has 0 spiro atoms. The summed E-state index contributed by atoms with van der Waals surface area (Å²) in [6.07, 6.45) is 3.38. The third kappa shape index (κ3) is 5.09. The number of hydrogen-bond donors (Lipinski definition) is 5. The lowest BCUT2D eigenvalue weighted by Gasteiger charge is -2.06. The molecular formula is C31H32N6O. The van der Waals surface area contributed by atoms with Crippen molar-refractivity contribution in [2.24, 2.45) is 11.5 Å². The number of fused-ring (bicyclic) bond motifs is 2. The van der Waals surface area contributed by atoms with Crippen LogP contribution in [0.2, 0.25) is 0 Å². The fourth-order valence-electron chi connectivity index (χ4n) is 4.95. The van der Waals surface area contributed by atoms with Crippen LogP contribution in [0.25, 0.3) is 21.5 Å². The highest BCUT2D eigenvalue weighted by atomic mass is 16.1. The van der Waals surface area contributed by atoms with E-state index < -0.39 is 0 Å². The van der Waals surface area contributed by atoms with Gasteiger partial charge in [0.25, 0.3) is 5.56 Å². The summed E-state index contributed by atoms with van der Waals surface area (Å²) in [6, 6.07) is 23.8. The molecule has 7 nitrogen and oxygen atoms in total. The predicted molar refractivity (Wildman–Crippen MR) is 156 cm³/mol. The largest absolute Gasteiger partial charge is 0.384 e. The quantitative estimate of drug-likeness (QED) is 0.142. The van der Waals surface area contributed by atoms with E-state index in [-0.39, 0.29) is 17.2 Å². The first-order chi connectivity index (χ1) is 18.3. The minimum atomic E-state index is -0.00808. The van der Waals surface area contributed by atoms with Crippen molar-refractivity contribution in [2.75, 3.05) is 0 Å². The average Bonchev–Trinajstić information content (AvgIpc) is 3.19. The number of nitrogens with one attached hydrogen (secondary N) is 3. The first-order valence-electron chi connectivity index (χ1n) is 12.9. The second-order valence-corrected chi connectivity index (χ2v) is 9.86. The van der Waals surface area contributed by atoms with Gasteiger partial charge < -0.3 is 11.5 Å². The Kier molecular flexibility index (Phi) is 6.83. The summed E-state index contributed by atoms with van der Waals surface area (Å²) in [5.41, 5.74) is 16.5. The summed E-state index contributed by atoms with van der Waals surface area (Å²) in [5.74, 6) is 0.0770. The molecule has 0 aliphatic heterocycles. The molecule has 5 aromatic rings. The van der Waals surface area contributed by atoms with Crippen molar-refractivity contribution in [1.29, 1.82) is 10.8 Å². The molecule has 0 saturated carbocycles. The maximum Gasteiger partial charge on any atom is 0.270 e. The van der Waals surface area contributed by atoms with Crippen LogP contribution in [-0.4, -0.2) is 21.5 Å². The summed E-state index contributed by atoms with van der Waals surface area (Å²) in [6.45, 7) is 2.58. The summed E-state index contributed by atoms with van der Waals surface area (Å²) in [4.78, 5) is 13.6. The van der Waals surface area contributed by atoms with Crippen LogP contribution in [0.3, 0.4) is 0 Å². The number of hydrogen-bond acceptors (Lipinski definition) is 3. The lowest BCUT2D eigenvalue weighted by Crippen LogP contribution is -2.20. The number of nitrogens with zero attached hydrogens (tertiary/aromatic N) is 1. The number of aryl methyl sites for hydroxylation is 1. The molecular weight excluding hydrogens is 472 g/mol. The van der Waals surface area contributed by atoms with Crippen molar-refractivity contribution in [3.8, 4) is 0 Å². The molecule has 5 rings (SSSR count). The maximum atomic E-state index is 13.6.